The SMILES string of the molecule is CC(=O)[O-].[Pd+2].[c-]1ccc2ccc3cccnc3c2n1. The maximum absolute atomic E-state index is 8.89. The number of carboxylic acid groups (broad SMARTS) is 1. The fraction of sp³-hybridized carbons (Fsp3) is 0.0714. The predicted molar refractivity (Wildman–Crippen MR) is 66.6 cm³/mol. The van der Waals surface area contributed by atoms with Gasteiger partial charge in [0.05, 0.1) is 0 Å². The van der Waals surface area contributed by atoms with Gasteiger partial charge in [-0.05, 0) is 23.9 Å². The van der Waals surface area contributed by atoms with E-state index in [9.17, 15) is 0 Å². The molecule has 0 saturated heterocycles. The fourth-order valence-electron chi connectivity index (χ4n) is 1.63. The first-order chi connectivity index (χ1) is 8.68. The molecule has 0 saturated carbocycles. The summed E-state index contributed by atoms with van der Waals surface area (Å²) in [5.41, 5.74) is 1.87. The summed E-state index contributed by atoms with van der Waals surface area (Å²) >= 11 is 0. The van der Waals surface area contributed by atoms with Crippen LogP contribution in [0.2, 0.25) is 0 Å². The number of carboxylic acids is 1. The Morgan fingerprint density at radius 1 is 1.16 bits per heavy atom. The van der Waals surface area contributed by atoms with Crippen molar-refractivity contribution in [1.82, 2.24) is 9.97 Å². The average Bonchev–Trinajstić information content (AvgIpc) is 2.38. The third-order valence-corrected chi connectivity index (χ3v) is 2.29. The topological polar surface area (TPSA) is 65.9 Å². The molecule has 0 aliphatic heterocycles. The van der Waals surface area contributed by atoms with E-state index >= 15 is 0 Å². The molecule has 98 valence electrons. The molecular weight excluding hydrogens is 335 g/mol. The van der Waals surface area contributed by atoms with Crippen LogP contribution in [0.4, 0.5) is 0 Å². The van der Waals surface area contributed by atoms with Crippen LogP contribution in [0.3, 0.4) is 0 Å². The first-order valence-electron chi connectivity index (χ1n) is 5.36. The maximum Gasteiger partial charge on any atom is 2.00 e. The number of aromatic nitrogens is 2. The van der Waals surface area contributed by atoms with E-state index in [0.717, 1.165) is 28.7 Å². The molecule has 0 N–H and O–H groups in total. The molecule has 0 fully saturated rings. The van der Waals surface area contributed by atoms with Gasteiger partial charge in [0.1, 0.15) is 0 Å². The number of rotatable bonds is 0. The zero-order valence-electron chi connectivity index (χ0n) is 10.1. The third kappa shape index (κ3) is 3.82. The summed E-state index contributed by atoms with van der Waals surface area (Å²) in [5.74, 6) is -1.08. The van der Waals surface area contributed by atoms with E-state index in [0.29, 0.717) is 0 Å². The molecule has 4 nitrogen and oxygen atoms in total. The van der Waals surface area contributed by atoms with Crippen molar-refractivity contribution in [2.24, 2.45) is 0 Å². The molecule has 0 aliphatic carbocycles. The van der Waals surface area contributed by atoms with E-state index in [4.69, 9.17) is 9.90 Å². The number of hydrogen-bond donors (Lipinski definition) is 0. The van der Waals surface area contributed by atoms with Gasteiger partial charge in [-0.3, -0.25) is 4.98 Å². The number of benzene rings is 1. The van der Waals surface area contributed by atoms with E-state index in [1.807, 2.05) is 24.3 Å². The molecule has 5 heteroatoms. The van der Waals surface area contributed by atoms with Crippen LogP contribution in [0.25, 0.3) is 21.8 Å². The van der Waals surface area contributed by atoms with Gasteiger partial charge in [0.15, 0.2) is 0 Å². The number of aliphatic carboxylic acids is 1. The zero-order valence-corrected chi connectivity index (χ0v) is 11.6. The van der Waals surface area contributed by atoms with Crippen molar-refractivity contribution in [2.45, 2.75) is 6.92 Å². The molecule has 3 rings (SSSR count). The minimum absolute atomic E-state index is 0. The van der Waals surface area contributed by atoms with Gasteiger partial charge in [0, 0.05) is 17.7 Å². The number of pyridine rings is 2. The Hall–Kier alpha value is -1.83. The molecule has 0 bridgehead atoms. The second-order valence-corrected chi connectivity index (χ2v) is 3.64. The Labute approximate surface area is 124 Å². The summed E-state index contributed by atoms with van der Waals surface area (Å²) in [5, 5.41) is 11.1. The van der Waals surface area contributed by atoms with Gasteiger partial charge in [-0.2, -0.15) is 12.1 Å². The molecule has 2 aromatic heterocycles. The van der Waals surface area contributed by atoms with Crippen LogP contribution in [0.5, 0.6) is 0 Å². The van der Waals surface area contributed by atoms with Crippen LogP contribution in [0.15, 0.2) is 42.6 Å². The van der Waals surface area contributed by atoms with E-state index in [1.54, 1.807) is 6.20 Å². The number of hydrogen-bond acceptors (Lipinski definition) is 4. The van der Waals surface area contributed by atoms with Crippen LogP contribution in [0, 0.1) is 6.20 Å². The van der Waals surface area contributed by atoms with Crippen molar-refractivity contribution in [2.75, 3.05) is 0 Å². The number of nitrogens with zero attached hydrogens (tertiary/aromatic N) is 2. The van der Waals surface area contributed by atoms with Crippen molar-refractivity contribution in [3.63, 3.8) is 0 Å². The first kappa shape index (κ1) is 15.2. The van der Waals surface area contributed by atoms with Gasteiger partial charge in [0.25, 0.3) is 0 Å². The largest absolute Gasteiger partial charge is 2.00 e. The molecule has 0 radical (unpaired) electrons. The minimum atomic E-state index is -1.08. The quantitative estimate of drug-likeness (QED) is 0.351. The number of carbonyl (C=O) groups is 1. The summed E-state index contributed by atoms with van der Waals surface area (Å²) in [6, 6.07) is 11.9. The van der Waals surface area contributed by atoms with Gasteiger partial charge in [-0.15, -0.1) is 5.39 Å². The summed E-state index contributed by atoms with van der Waals surface area (Å²) < 4.78 is 0. The Morgan fingerprint density at radius 3 is 2.47 bits per heavy atom. The summed E-state index contributed by atoms with van der Waals surface area (Å²) in [4.78, 5) is 17.4. The van der Waals surface area contributed by atoms with Crippen molar-refractivity contribution in [3.05, 3.63) is 48.8 Å². The molecule has 0 amide bonds. The van der Waals surface area contributed by atoms with Gasteiger partial charge in [0.2, 0.25) is 0 Å². The van der Waals surface area contributed by atoms with Crippen LogP contribution < -0.4 is 5.11 Å². The Bertz CT molecular complexity index is 642. The Morgan fingerprint density at radius 2 is 1.79 bits per heavy atom. The van der Waals surface area contributed by atoms with E-state index < -0.39 is 5.97 Å². The monoisotopic (exact) mass is 344 g/mol. The summed E-state index contributed by atoms with van der Waals surface area (Å²) in [6.45, 7) is 0.972. The molecule has 19 heavy (non-hydrogen) atoms. The summed E-state index contributed by atoms with van der Waals surface area (Å²) in [7, 11) is 0. The molecule has 0 atom stereocenters. The molecule has 2 heterocycles. The Balaban J connectivity index is 0.000000323. The molecule has 1 aromatic carbocycles. The normalized spacial score (nSPS) is 9.32. The molecular formula is C14H10N2O2Pd. The van der Waals surface area contributed by atoms with Crippen molar-refractivity contribution in [1.29, 1.82) is 0 Å². The molecule has 0 unspecified atom stereocenters. The first-order valence-corrected chi connectivity index (χ1v) is 5.36. The molecule has 0 spiro atoms. The molecule has 3 aromatic rings. The van der Waals surface area contributed by atoms with E-state index in [2.05, 4.69) is 28.3 Å². The van der Waals surface area contributed by atoms with Gasteiger partial charge < -0.3 is 14.9 Å². The average molecular weight is 345 g/mol. The van der Waals surface area contributed by atoms with Crippen molar-refractivity contribution >= 4 is 27.8 Å². The Kier molecular flexibility index (Phi) is 5.56. The van der Waals surface area contributed by atoms with Crippen LogP contribution in [-0.4, -0.2) is 15.9 Å². The molecule has 0 aliphatic rings. The fourth-order valence-corrected chi connectivity index (χ4v) is 1.63. The van der Waals surface area contributed by atoms with Gasteiger partial charge in [-0.25, -0.2) is 0 Å². The predicted octanol–water partition coefficient (Wildman–Crippen LogP) is 1.34. The van der Waals surface area contributed by atoms with Crippen molar-refractivity contribution < 1.29 is 30.3 Å². The number of carbonyl (C=O) groups excluding carboxylic acids is 1. The smallest absolute Gasteiger partial charge is 0.550 e. The van der Waals surface area contributed by atoms with Crippen LogP contribution in [-0.2, 0) is 25.2 Å². The number of fused-ring (bicyclic) bond motifs is 3. The zero-order chi connectivity index (χ0) is 13.0. The van der Waals surface area contributed by atoms with Gasteiger partial charge in [-0.1, -0.05) is 24.4 Å². The maximum atomic E-state index is 8.89. The van der Waals surface area contributed by atoms with Crippen molar-refractivity contribution in [3.8, 4) is 0 Å². The second-order valence-electron chi connectivity index (χ2n) is 3.64. The van der Waals surface area contributed by atoms with Crippen LogP contribution >= 0.6 is 0 Å². The van der Waals surface area contributed by atoms with E-state index in [1.165, 1.54) is 0 Å². The van der Waals surface area contributed by atoms with E-state index in [-0.39, 0.29) is 20.4 Å². The van der Waals surface area contributed by atoms with Crippen LogP contribution in [0.1, 0.15) is 6.92 Å². The van der Waals surface area contributed by atoms with Gasteiger partial charge >= 0.3 is 20.4 Å². The second kappa shape index (κ2) is 6.93. The summed E-state index contributed by atoms with van der Waals surface area (Å²) in [6.07, 6.45) is 4.63. The third-order valence-electron chi connectivity index (χ3n) is 2.29. The standard InChI is InChI=1S/C12H7N2.C2H4O2.Pd/c1-3-9-5-6-10-4-2-8-14-12(10)11(9)13-7-1;1-2(3)4;/h1-7H;1H3,(H,3,4);/q-1;;+2/p-1. The minimum Gasteiger partial charge on any atom is -0.550 e.